The second-order valence-electron chi connectivity index (χ2n) is 4.76. The summed E-state index contributed by atoms with van der Waals surface area (Å²) in [5.41, 5.74) is 1.16. The fourth-order valence-electron chi connectivity index (χ4n) is 3.12. The quantitative estimate of drug-likeness (QED) is 0.768. The van der Waals surface area contributed by atoms with Gasteiger partial charge in [0.05, 0.1) is 16.4 Å². The summed E-state index contributed by atoms with van der Waals surface area (Å²) in [7, 11) is 1.73. The van der Waals surface area contributed by atoms with E-state index in [9.17, 15) is 4.79 Å². The van der Waals surface area contributed by atoms with Gasteiger partial charge in [-0.05, 0) is 24.8 Å². The summed E-state index contributed by atoms with van der Waals surface area (Å²) < 4.78 is 0.0701. The second-order valence-corrected chi connectivity index (χ2v) is 6.11. The third-order valence-corrected chi connectivity index (χ3v) is 5.74. The number of aliphatic imine (C=N–C) groups is 1. The van der Waals surface area contributed by atoms with Crippen LogP contribution in [-0.4, -0.2) is 29.7 Å². The molecule has 1 spiro atoms. The van der Waals surface area contributed by atoms with Crippen LogP contribution in [-0.2, 0) is 4.79 Å². The second kappa shape index (κ2) is 4.02. The Bertz CT molecular complexity index is 441. The van der Waals surface area contributed by atoms with E-state index in [2.05, 4.69) is 28.5 Å². The first kappa shape index (κ1) is 11.1. The van der Waals surface area contributed by atoms with Crippen LogP contribution in [0.25, 0.3) is 0 Å². The SMILES string of the molecule is CNC(=O)C1CSC23CC=CC=C2N=CCC13. The zero-order chi connectivity index (χ0) is 11.9. The van der Waals surface area contributed by atoms with E-state index in [4.69, 9.17) is 0 Å². The molecule has 0 aromatic heterocycles. The Kier molecular flexibility index (Phi) is 2.62. The van der Waals surface area contributed by atoms with Gasteiger partial charge in [-0.2, -0.15) is 0 Å². The fourth-order valence-corrected chi connectivity index (χ4v) is 4.94. The van der Waals surface area contributed by atoms with Crippen LogP contribution in [0.4, 0.5) is 0 Å². The van der Waals surface area contributed by atoms with Crippen molar-refractivity contribution in [2.45, 2.75) is 17.6 Å². The summed E-state index contributed by atoms with van der Waals surface area (Å²) in [6.07, 6.45) is 10.3. The maximum Gasteiger partial charge on any atom is 0.224 e. The molecule has 0 radical (unpaired) electrons. The van der Waals surface area contributed by atoms with Gasteiger partial charge in [-0.3, -0.25) is 9.79 Å². The Balaban J connectivity index is 1.98. The Labute approximate surface area is 105 Å². The molecule has 1 N–H and O–H groups in total. The number of rotatable bonds is 1. The van der Waals surface area contributed by atoms with E-state index >= 15 is 0 Å². The van der Waals surface area contributed by atoms with Crippen LogP contribution in [0.5, 0.6) is 0 Å². The number of nitrogens with one attached hydrogen (secondary N) is 1. The van der Waals surface area contributed by atoms with Crippen molar-refractivity contribution < 1.29 is 4.79 Å². The van der Waals surface area contributed by atoms with Crippen LogP contribution >= 0.6 is 11.8 Å². The molecule has 90 valence electrons. The molecule has 17 heavy (non-hydrogen) atoms. The largest absolute Gasteiger partial charge is 0.359 e. The third kappa shape index (κ3) is 1.50. The predicted molar refractivity (Wildman–Crippen MR) is 71.2 cm³/mol. The Hall–Kier alpha value is -1.03. The summed E-state index contributed by atoms with van der Waals surface area (Å²) in [5.74, 6) is 1.63. The highest BCUT2D eigenvalue weighted by molar-refractivity contribution is 8.01. The minimum Gasteiger partial charge on any atom is -0.359 e. The minimum atomic E-state index is 0.0701. The molecule has 3 aliphatic rings. The smallest absolute Gasteiger partial charge is 0.224 e. The van der Waals surface area contributed by atoms with Crippen molar-refractivity contribution in [2.75, 3.05) is 12.8 Å². The molecule has 1 fully saturated rings. The number of amides is 1. The van der Waals surface area contributed by atoms with Crippen LogP contribution in [0.15, 0.2) is 28.9 Å². The number of thioether (sulfide) groups is 1. The van der Waals surface area contributed by atoms with Crippen molar-refractivity contribution in [3.8, 4) is 0 Å². The highest BCUT2D eigenvalue weighted by Gasteiger charge is 2.54. The van der Waals surface area contributed by atoms with Gasteiger partial charge in [-0.25, -0.2) is 0 Å². The van der Waals surface area contributed by atoms with E-state index in [1.54, 1.807) is 7.05 Å². The van der Waals surface area contributed by atoms with Crippen LogP contribution in [0.2, 0.25) is 0 Å². The highest BCUT2D eigenvalue weighted by Crippen LogP contribution is 2.56. The molecule has 2 heterocycles. The Morgan fingerprint density at radius 3 is 3.35 bits per heavy atom. The van der Waals surface area contributed by atoms with Crippen LogP contribution < -0.4 is 5.32 Å². The van der Waals surface area contributed by atoms with Gasteiger partial charge in [0.2, 0.25) is 5.91 Å². The molecule has 0 aromatic carbocycles. The molecule has 1 amide bonds. The minimum absolute atomic E-state index is 0.0701. The number of allylic oxidation sites excluding steroid dienone is 3. The van der Waals surface area contributed by atoms with Gasteiger partial charge in [0, 0.05) is 19.0 Å². The zero-order valence-electron chi connectivity index (χ0n) is 9.85. The average molecular weight is 248 g/mol. The van der Waals surface area contributed by atoms with Gasteiger partial charge >= 0.3 is 0 Å². The third-order valence-electron chi connectivity index (χ3n) is 4.02. The van der Waals surface area contributed by atoms with Crippen LogP contribution in [0, 0.1) is 11.8 Å². The first-order valence-corrected chi connectivity index (χ1v) is 7.02. The van der Waals surface area contributed by atoms with Crippen molar-refractivity contribution in [3.05, 3.63) is 23.9 Å². The van der Waals surface area contributed by atoms with Crippen LogP contribution in [0.1, 0.15) is 12.8 Å². The lowest BCUT2D eigenvalue weighted by Gasteiger charge is -2.39. The van der Waals surface area contributed by atoms with Crippen molar-refractivity contribution >= 4 is 23.9 Å². The summed E-state index contributed by atoms with van der Waals surface area (Å²) >= 11 is 1.92. The molecular formula is C13H16N2OS. The molecule has 4 heteroatoms. The molecule has 0 bridgehead atoms. The Morgan fingerprint density at radius 2 is 2.53 bits per heavy atom. The summed E-state index contributed by atoms with van der Waals surface area (Å²) in [6, 6.07) is 0. The number of carbonyl (C=O) groups excluding carboxylic acids is 1. The first-order chi connectivity index (χ1) is 8.28. The molecule has 3 rings (SSSR count). The van der Waals surface area contributed by atoms with E-state index in [1.165, 1.54) is 0 Å². The molecule has 1 aliphatic carbocycles. The molecular weight excluding hydrogens is 232 g/mol. The first-order valence-electron chi connectivity index (χ1n) is 6.03. The molecule has 2 aliphatic heterocycles. The lowest BCUT2D eigenvalue weighted by atomic mass is 9.73. The van der Waals surface area contributed by atoms with E-state index in [-0.39, 0.29) is 16.6 Å². The molecule has 0 saturated carbocycles. The topological polar surface area (TPSA) is 41.5 Å². The van der Waals surface area contributed by atoms with Crippen LogP contribution in [0.3, 0.4) is 0 Å². The molecule has 0 aromatic rings. The normalized spacial score (nSPS) is 38.3. The Morgan fingerprint density at radius 1 is 1.65 bits per heavy atom. The average Bonchev–Trinajstić information content (AvgIpc) is 2.75. The van der Waals surface area contributed by atoms with E-state index in [1.807, 2.05) is 18.0 Å². The molecule has 3 atom stereocenters. The number of hydrogen-bond acceptors (Lipinski definition) is 3. The fraction of sp³-hybridized carbons (Fsp3) is 0.538. The summed E-state index contributed by atoms with van der Waals surface area (Å²) in [4.78, 5) is 16.5. The number of hydrogen-bond donors (Lipinski definition) is 1. The molecule has 3 unspecified atom stereocenters. The lowest BCUT2D eigenvalue weighted by Crippen LogP contribution is -2.42. The lowest BCUT2D eigenvalue weighted by molar-refractivity contribution is -0.125. The van der Waals surface area contributed by atoms with Crippen molar-refractivity contribution in [2.24, 2.45) is 16.8 Å². The summed E-state index contributed by atoms with van der Waals surface area (Å²) in [6.45, 7) is 0. The maximum atomic E-state index is 11.9. The predicted octanol–water partition coefficient (Wildman–Crippen LogP) is 1.77. The number of nitrogens with zero attached hydrogens (tertiary/aromatic N) is 1. The standard InChI is InChI=1S/C13H16N2OS/c1-14-12(16)9-8-17-13-6-3-2-4-11(13)15-7-5-10(9)13/h2-4,7,9-10H,5-6,8H2,1H3,(H,14,16). The van der Waals surface area contributed by atoms with Gasteiger partial charge in [0.1, 0.15) is 0 Å². The van der Waals surface area contributed by atoms with E-state index in [0.717, 1.165) is 24.3 Å². The van der Waals surface area contributed by atoms with Crippen molar-refractivity contribution in [3.63, 3.8) is 0 Å². The van der Waals surface area contributed by atoms with Crippen molar-refractivity contribution in [1.29, 1.82) is 0 Å². The van der Waals surface area contributed by atoms with Gasteiger partial charge in [0.15, 0.2) is 0 Å². The summed E-state index contributed by atoms with van der Waals surface area (Å²) in [5, 5.41) is 2.80. The van der Waals surface area contributed by atoms with E-state index < -0.39 is 0 Å². The molecule has 3 nitrogen and oxygen atoms in total. The van der Waals surface area contributed by atoms with Gasteiger partial charge in [-0.15, -0.1) is 11.8 Å². The van der Waals surface area contributed by atoms with Gasteiger partial charge in [0.25, 0.3) is 0 Å². The zero-order valence-corrected chi connectivity index (χ0v) is 10.7. The van der Waals surface area contributed by atoms with Gasteiger partial charge in [-0.1, -0.05) is 12.2 Å². The van der Waals surface area contributed by atoms with E-state index in [0.29, 0.717) is 5.92 Å². The monoisotopic (exact) mass is 248 g/mol. The maximum absolute atomic E-state index is 11.9. The highest BCUT2D eigenvalue weighted by atomic mass is 32.2. The van der Waals surface area contributed by atoms with Crippen molar-refractivity contribution in [1.82, 2.24) is 5.32 Å². The molecule has 1 saturated heterocycles. The van der Waals surface area contributed by atoms with Gasteiger partial charge < -0.3 is 5.32 Å². The number of carbonyl (C=O) groups is 1.